The second-order valence-corrected chi connectivity index (χ2v) is 4.82. The molecule has 84 valence electrons. The third-order valence-electron chi connectivity index (χ3n) is 1.82. The third kappa shape index (κ3) is 2.97. The van der Waals surface area contributed by atoms with Crippen LogP contribution in [-0.4, -0.2) is 17.1 Å². The molecule has 1 aromatic carbocycles. The minimum absolute atomic E-state index is 0.0323. The van der Waals surface area contributed by atoms with E-state index in [1.165, 1.54) is 12.1 Å². The number of phenolic OH excluding ortho intramolecular Hbond substituents is 1. The average Bonchev–Trinajstić information content (AvgIpc) is 2.24. The zero-order valence-electron chi connectivity index (χ0n) is 8.29. The van der Waals surface area contributed by atoms with Crippen molar-refractivity contribution in [1.82, 2.24) is 5.32 Å². The predicted octanol–water partition coefficient (Wildman–Crippen LogP) is 2.56. The molecule has 2 N–H and O–H groups in total. The monoisotopic (exact) mass is 346 g/mol. The molecule has 0 aliphatic heterocycles. The SMILES string of the molecule is C[C@@H](C#N)NC(=O)c1cc(Br)c(O)c(Br)c1. The quantitative estimate of drug-likeness (QED) is 0.863. The molecule has 0 fully saturated rings. The summed E-state index contributed by atoms with van der Waals surface area (Å²) in [6, 6.07) is 4.32. The van der Waals surface area contributed by atoms with Gasteiger partial charge in [-0.15, -0.1) is 0 Å². The zero-order valence-corrected chi connectivity index (χ0v) is 11.5. The molecule has 1 atom stereocenters. The fourth-order valence-electron chi connectivity index (χ4n) is 1.01. The molecule has 0 saturated heterocycles. The van der Waals surface area contributed by atoms with E-state index in [4.69, 9.17) is 5.26 Å². The Hall–Kier alpha value is -1.06. The van der Waals surface area contributed by atoms with Gasteiger partial charge in [0.05, 0.1) is 15.0 Å². The number of carbonyl (C=O) groups is 1. The lowest BCUT2D eigenvalue weighted by atomic mass is 10.2. The highest BCUT2D eigenvalue weighted by molar-refractivity contribution is 9.11. The number of benzene rings is 1. The maximum Gasteiger partial charge on any atom is 0.252 e. The van der Waals surface area contributed by atoms with Crippen molar-refractivity contribution in [2.24, 2.45) is 0 Å². The van der Waals surface area contributed by atoms with E-state index in [1.54, 1.807) is 6.92 Å². The molecule has 0 heterocycles. The van der Waals surface area contributed by atoms with Gasteiger partial charge in [0.1, 0.15) is 11.8 Å². The highest BCUT2D eigenvalue weighted by Crippen LogP contribution is 2.33. The number of halogens is 2. The fourth-order valence-corrected chi connectivity index (χ4v) is 2.20. The van der Waals surface area contributed by atoms with Gasteiger partial charge < -0.3 is 10.4 Å². The van der Waals surface area contributed by atoms with Gasteiger partial charge in [-0.05, 0) is 50.9 Å². The maximum absolute atomic E-state index is 11.6. The molecule has 0 spiro atoms. The van der Waals surface area contributed by atoms with E-state index in [1.807, 2.05) is 6.07 Å². The van der Waals surface area contributed by atoms with Gasteiger partial charge >= 0.3 is 0 Å². The lowest BCUT2D eigenvalue weighted by Gasteiger charge is -2.08. The van der Waals surface area contributed by atoms with Gasteiger partial charge in [0.25, 0.3) is 5.91 Å². The molecule has 16 heavy (non-hydrogen) atoms. The first-order chi connectivity index (χ1) is 7.45. The fraction of sp³-hybridized carbons (Fsp3) is 0.200. The highest BCUT2D eigenvalue weighted by atomic mass is 79.9. The summed E-state index contributed by atoms with van der Waals surface area (Å²) in [5, 5.41) is 20.5. The molecule has 0 aliphatic rings. The number of aromatic hydroxyl groups is 1. The third-order valence-corrected chi connectivity index (χ3v) is 3.03. The molecular weight excluding hydrogens is 340 g/mol. The smallest absolute Gasteiger partial charge is 0.252 e. The normalized spacial score (nSPS) is 11.6. The van der Waals surface area contributed by atoms with Gasteiger partial charge in [-0.2, -0.15) is 5.26 Å². The highest BCUT2D eigenvalue weighted by Gasteiger charge is 2.13. The maximum atomic E-state index is 11.6. The Balaban J connectivity index is 2.98. The van der Waals surface area contributed by atoms with Crippen molar-refractivity contribution in [3.8, 4) is 11.8 Å². The Kier molecular flexibility index (Phi) is 4.33. The van der Waals surface area contributed by atoms with Crippen LogP contribution < -0.4 is 5.32 Å². The van der Waals surface area contributed by atoms with E-state index in [9.17, 15) is 9.90 Å². The van der Waals surface area contributed by atoms with Gasteiger partial charge in [-0.1, -0.05) is 0 Å². The van der Waals surface area contributed by atoms with Crippen molar-refractivity contribution in [3.05, 3.63) is 26.6 Å². The average molecular weight is 348 g/mol. The summed E-state index contributed by atoms with van der Waals surface area (Å²) < 4.78 is 0.827. The van der Waals surface area contributed by atoms with Gasteiger partial charge in [-0.3, -0.25) is 4.79 Å². The van der Waals surface area contributed by atoms with Crippen molar-refractivity contribution in [2.45, 2.75) is 13.0 Å². The standard InChI is InChI=1S/C10H8Br2N2O2/c1-5(4-13)14-10(16)6-2-7(11)9(15)8(12)3-6/h2-3,5,15H,1H3,(H,14,16)/t5-/m0/s1. The van der Waals surface area contributed by atoms with Crippen LogP contribution in [0.25, 0.3) is 0 Å². The number of rotatable bonds is 2. The van der Waals surface area contributed by atoms with Crippen molar-refractivity contribution in [2.75, 3.05) is 0 Å². The summed E-state index contributed by atoms with van der Waals surface area (Å²) in [6.45, 7) is 1.59. The first-order valence-corrected chi connectivity index (χ1v) is 5.92. The second-order valence-electron chi connectivity index (χ2n) is 3.11. The number of hydrogen-bond donors (Lipinski definition) is 2. The van der Waals surface area contributed by atoms with Crippen molar-refractivity contribution >= 4 is 37.8 Å². The number of nitriles is 1. The molecule has 0 unspecified atom stereocenters. The Morgan fingerprint density at radius 1 is 1.50 bits per heavy atom. The second kappa shape index (κ2) is 5.32. The molecule has 4 nitrogen and oxygen atoms in total. The minimum Gasteiger partial charge on any atom is -0.506 e. The van der Waals surface area contributed by atoms with Crippen molar-refractivity contribution < 1.29 is 9.90 Å². The molecule has 1 aromatic rings. The summed E-state index contributed by atoms with van der Waals surface area (Å²) in [5.41, 5.74) is 0.360. The Labute approximate surface area is 110 Å². The molecule has 0 bridgehead atoms. The Morgan fingerprint density at radius 3 is 2.44 bits per heavy atom. The van der Waals surface area contributed by atoms with Gasteiger partial charge in [-0.25, -0.2) is 0 Å². The summed E-state index contributed by atoms with van der Waals surface area (Å²) in [6.07, 6.45) is 0. The topological polar surface area (TPSA) is 73.1 Å². The minimum atomic E-state index is -0.557. The lowest BCUT2D eigenvalue weighted by molar-refractivity contribution is 0.0947. The molecule has 1 rings (SSSR count). The number of hydrogen-bond acceptors (Lipinski definition) is 3. The van der Waals surface area contributed by atoms with E-state index in [2.05, 4.69) is 37.2 Å². The van der Waals surface area contributed by atoms with Crippen LogP contribution in [0.5, 0.6) is 5.75 Å². The first-order valence-electron chi connectivity index (χ1n) is 4.34. The Morgan fingerprint density at radius 2 is 2.00 bits per heavy atom. The van der Waals surface area contributed by atoms with Crippen LogP contribution in [0.4, 0.5) is 0 Å². The molecule has 6 heteroatoms. The Bertz CT molecular complexity index is 445. The lowest BCUT2D eigenvalue weighted by Crippen LogP contribution is -2.31. The largest absolute Gasteiger partial charge is 0.506 e. The molecule has 1 amide bonds. The first kappa shape index (κ1) is 13.0. The number of amides is 1. The summed E-state index contributed by atoms with van der Waals surface area (Å²) >= 11 is 6.25. The zero-order chi connectivity index (χ0) is 12.3. The van der Waals surface area contributed by atoms with Gasteiger partial charge in [0.15, 0.2) is 0 Å². The molecule has 0 radical (unpaired) electrons. The van der Waals surface area contributed by atoms with Crippen molar-refractivity contribution in [1.29, 1.82) is 5.26 Å². The number of nitrogens with one attached hydrogen (secondary N) is 1. The van der Waals surface area contributed by atoms with Crippen LogP contribution in [0.1, 0.15) is 17.3 Å². The van der Waals surface area contributed by atoms with Crippen LogP contribution in [-0.2, 0) is 0 Å². The number of carbonyl (C=O) groups excluding carboxylic acids is 1. The summed E-state index contributed by atoms with van der Waals surface area (Å²) in [5.74, 6) is -0.333. The van der Waals surface area contributed by atoms with E-state index < -0.39 is 6.04 Å². The van der Waals surface area contributed by atoms with Crippen molar-refractivity contribution in [3.63, 3.8) is 0 Å². The van der Waals surface area contributed by atoms with Crippen LogP contribution in [0.15, 0.2) is 21.1 Å². The van der Waals surface area contributed by atoms with E-state index in [0.29, 0.717) is 14.5 Å². The molecule has 0 aromatic heterocycles. The van der Waals surface area contributed by atoms with Crippen LogP contribution in [0.2, 0.25) is 0 Å². The molecule has 0 aliphatic carbocycles. The van der Waals surface area contributed by atoms with E-state index >= 15 is 0 Å². The molecular formula is C10H8Br2N2O2. The van der Waals surface area contributed by atoms with Crippen LogP contribution >= 0.6 is 31.9 Å². The summed E-state index contributed by atoms with van der Waals surface area (Å²) in [4.78, 5) is 11.6. The van der Waals surface area contributed by atoms with Gasteiger partial charge in [0, 0.05) is 5.56 Å². The van der Waals surface area contributed by atoms with Gasteiger partial charge in [0.2, 0.25) is 0 Å². The number of nitrogens with zero attached hydrogens (tertiary/aromatic N) is 1. The number of phenols is 1. The van der Waals surface area contributed by atoms with Crippen LogP contribution in [0.3, 0.4) is 0 Å². The van der Waals surface area contributed by atoms with E-state index in [0.717, 1.165) is 0 Å². The summed E-state index contributed by atoms with van der Waals surface area (Å²) in [7, 11) is 0. The van der Waals surface area contributed by atoms with Crippen LogP contribution in [0, 0.1) is 11.3 Å². The predicted molar refractivity (Wildman–Crippen MR) is 66.0 cm³/mol. The van der Waals surface area contributed by atoms with E-state index in [-0.39, 0.29) is 11.7 Å². The molecule has 0 saturated carbocycles.